The van der Waals surface area contributed by atoms with Gasteiger partial charge in [-0.25, -0.2) is 4.79 Å². The maximum Gasteiger partial charge on any atom is 0.315 e. The lowest BCUT2D eigenvalue weighted by Crippen LogP contribution is -2.39. The summed E-state index contributed by atoms with van der Waals surface area (Å²) in [7, 11) is 0. The molecule has 7 nitrogen and oxygen atoms in total. The number of urea groups is 1. The lowest BCUT2D eigenvalue weighted by atomic mass is 10.4. The van der Waals surface area contributed by atoms with Crippen LogP contribution in [-0.2, 0) is 6.54 Å². The first-order chi connectivity index (χ1) is 9.75. The molecule has 7 heteroatoms. The number of hydrogen-bond donors (Lipinski definition) is 3. The Kier molecular flexibility index (Phi) is 4.82. The highest BCUT2D eigenvalue weighted by molar-refractivity contribution is 5.91. The first kappa shape index (κ1) is 13.7. The maximum absolute atomic E-state index is 11.5. The van der Waals surface area contributed by atoms with Crippen LogP contribution in [0.2, 0.25) is 0 Å². The summed E-state index contributed by atoms with van der Waals surface area (Å²) in [6.45, 7) is 0.946. The van der Waals surface area contributed by atoms with Crippen LogP contribution in [-0.4, -0.2) is 25.0 Å². The van der Waals surface area contributed by atoms with Gasteiger partial charge in [0.1, 0.15) is 5.76 Å². The summed E-state index contributed by atoms with van der Waals surface area (Å²) in [4.78, 5) is 22.9. The lowest BCUT2D eigenvalue weighted by Gasteiger charge is -2.07. The summed E-state index contributed by atoms with van der Waals surface area (Å²) < 4.78 is 10.0. The number of rotatable bonds is 6. The average molecular weight is 277 g/mol. The molecule has 2 heterocycles. The summed E-state index contributed by atoms with van der Waals surface area (Å²) in [6, 6.07) is 6.39. The zero-order chi connectivity index (χ0) is 14.2. The molecule has 2 rings (SSSR count). The molecule has 0 aliphatic carbocycles. The van der Waals surface area contributed by atoms with Gasteiger partial charge in [0, 0.05) is 13.1 Å². The second-order valence-electron chi connectivity index (χ2n) is 3.92. The minimum atomic E-state index is -0.325. The molecule has 0 atom stereocenters. The Morgan fingerprint density at radius 2 is 1.70 bits per heavy atom. The summed E-state index contributed by atoms with van der Waals surface area (Å²) in [6.07, 6.45) is 2.97. The van der Waals surface area contributed by atoms with E-state index in [4.69, 9.17) is 8.83 Å². The van der Waals surface area contributed by atoms with Crippen molar-refractivity contribution in [2.75, 3.05) is 13.1 Å². The summed E-state index contributed by atoms with van der Waals surface area (Å²) in [5.74, 6) is 0.603. The van der Waals surface area contributed by atoms with Crippen molar-refractivity contribution in [3.05, 3.63) is 48.3 Å². The average Bonchev–Trinajstić information content (AvgIpc) is 3.13. The first-order valence-electron chi connectivity index (χ1n) is 6.11. The number of amides is 3. The SMILES string of the molecule is O=C(NCCNC(=O)c1ccco1)NCc1ccco1. The maximum atomic E-state index is 11.5. The molecule has 0 unspecified atom stereocenters. The standard InChI is InChI=1S/C13H15N3O4/c17-12(11-4-2-8-20-11)14-5-6-15-13(18)16-9-10-3-1-7-19-10/h1-4,7-8H,5-6,9H2,(H,14,17)(H2,15,16,18). The molecule has 2 aromatic rings. The molecule has 0 aliphatic heterocycles. The molecule has 0 spiro atoms. The van der Waals surface area contributed by atoms with Crippen LogP contribution in [0.4, 0.5) is 4.79 Å². The molecule has 0 fully saturated rings. The van der Waals surface area contributed by atoms with Crippen LogP contribution in [0.1, 0.15) is 16.3 Å². The van der Waals surface area contributed by atoms with E-state index in [0.717, 1.165) is 0 Å². The molecule has 0 bridgehead atoms. The normalized spacial score (nSPS) is 10.0. The fourth-order valence-electron chi connectivity index (χ4n) is 1.49. The van der Waals surface area contributed by atoms with E-state index in [-0.39, 0.29) is 17.7 Å². The highest BCUT2D eigenvalue weighted by Crippen LogP contribution is 1.99. The molecular formula is C13H15N3O4. The van der Waals surface area contributed by atoms with Gasteiger partial charge in [-0.2, -0.15) is 0 Å². The predicted octanol–water partition coefficient (Wildman–Crippen LogP) is 1.10. The van der Waals surface area contributed by atoms with Crippen LogP contribution in [0.3, 0.4) is 0 Å². The fourth-order valence-corrected chi connectivity index (χ4v) is 1.49. The van der Waals surface area contributed by atoms with Crippen molar-refractivity contribution < 1.29 is 18.4 Å². The van der Waals surface area contributed by atoms with Crippen LogP contribution < -0.4 is 16.0 Å². The zero-order valence-electron chi connectivity index (χ0n) is 10.7. The van der Waals surface area contributed by atoms with Gasteiger partial charge in [0.2, 0.25) is 0 Å². The van der Waals surface area contributed by atoms with Gasteiger partial charge in [-0.3, -0.25) is 4.79 Å². The quantitative estimate of drug-likeness (QED) is 0.689. The highest BCUT2D eigenvalue weighted by Gasteiger charge is 2.07. The summed E-state index contributed by atoms with van der Waals surface area (Å²) in [5, 5.41) is 7.85. The van der Waals surface area contributed by atoms with Gasteiger partial charge in [-0.1, -0.05) is 0 Å². The Bertz CT molecular complexity index is 534. The Morgan fingerprint density at radius 3 is 2.40 bits per heavy atom. The molecule has 20 heavy (non-hydrogen) atoms. The fraction of sp³-hybridized carbons (Fsp3) is 0.231. The van der Waals surface area contributed by atoms with E-state index in [1.807, 2.05) is 0 Å². The third-order valence-corrected chi connectivity index (χ3v) is 2.44. The Hall–Kier alpha value is -2.70. The van der Waals surface area contributed by atoms with Crippen LogP contribution in [0.15, 0.2) is 45.6 Å². The van der Waals surface area contributed by atoms with Crippen molar-refractivity contribution in [1.82, 2.24) is 16.0 Å². The minimum absolute atomic E-state index is 0.243. The number of carbonyl (C=O) groups is 2. The highest BCUT2D eigenvalue weighted by atomic mass is 16.3. The van der Waals surface area contributed by atoms with Crippen molar-refractivity contribution in [1.29, 1.82) is 0 Å². The second kappa shape index (κ2) is 7.03. The van der Waals surface area contributed by atoms with E-state index in [1.165, 1.54) is 6.26 Å². The second-order valence-corrected chi connectivity index (χ2v) is 3.92. The van der Waals surface area contributed by atoms with E-state index >= 15 is 0 Å². The Morgan fingerprint density at radius 1 is 0.950 bits per heavy atom. The third-order valence-electron chi connectivity index (χ3n) is 2.44. The van der Waals surface area contributed by atoms with Crippen molar-refractivity contribution in [3.63, 3.8) is 0 Å². The minimum Gasteiger partial charge on any atom is -0.467 e. The molecular weight excluding hydrogens is 262 g/mol. The topological polar surface area (TPSA) is 96.5 Å². The van der Waals surface area contributed by atoms with Crippen molar-refractivity contribution in [2.24, 2.45) is 0 Å². The Balaban J connectivity index is 1.56. The number of furan rings is 2. The van der Waals surface area contributed by atoms with Gasteiger partial charge >= 0.3 is 6.03 Å². The first-order valence-corrected chi connectivity index (χ1v) is 6.11. The molecule has 3 amide bonds. The van der Waals surface area contributed by atoms with Crippen LogP contribution >= 0.6 is 0 Å². The van der Waals surface area contributed by atoms with Crippen molar-refractivity contribution >= 4 is 11.9 Å². The lowest BCUT2D eigenvalue weighted by molar-refractivity contribution is 0.0926. The molecule has 0 aromatic carbocycles. The van der Waals surface area contributed by atoms with Crippen LogP contribution in [0, 0.1) is 0 Å². The van der Waals surface area contributed by atoms with E-state index in [0.29, 0.717) is 25.4 Å². The van der Waals surface area contributed by atoms with Gasteiger partial charge in [0.15, 0.2) is 5.76 Å². The predicted molar refractivity (Wildman–Crippen MR) is 70.0 cm³/mol. The number of nitrogens with one attached hydrogen (secondary N) is 3. The zero-order valence-corrected chi connectivity index (χ0v) is 10.7. The third kappa shape index (κ3) is 4.20. The number of carbonyl (C=O) groups excluding carboxylic acids is 2. The molecule has 0 aliphatic rings. The molecule has 106 valence electrons. The molecule has 3 N–H and O–H groups in total. The Labute approximate surface area is 115 Å². The van der Waals surface area contributed by atoms with Crippen molar-refractivity contribution in [3.8, 4) is 0 Å². The van der Waals surface area contributed by atoms with Gasteiger partial charge in [-0.15, -0.1) is 0 Å². The van der Waals surface area contributed by atoms with E-state index < -0.39 is 0 Å². The van der Waals surface area contributed by atoms with E-state index in [2.05, 4.69) is 16.0 Å². The molecule has 0 saturated carbocycles. The summed E-state index contributed by atoms with van der Waals surface area (Å²) in [5.41, 5.74) is 0. The van der Waals surface area contributed by atoms with Gasteiger partial charge < -0.3 is 24.8 Å². The molecule has 0 saturated heterocycles. The van der Waals surface area contributed by atoms with Gasteiger partial charge in [-0.05, 0) is 24.3 Å². The van der Waals surface area contributed by atoms with Crippen LogP contribution in [0.5, 0.6) is 0 Å². The molecule has 2 aromatic heterocycles. The van der Waals surface area contributed by atoms with Gasteiger partial charge in [0.05, 0.1) is 19.1 Å². The van der Waals surface area contributed by atoms with Crippen molar-refractivity contribution in [2.45, 2.75) is 6.54 Å². The summed E-state index contributed by atoms with van der Waals surface area (Å²) >= 11 is 0. The smallest absolute Gasteiger partial charge is 0.315 e. The van der Waals surface area contributed by atoms with Gasteiger partial charge in [0.25, 0.3) is 5.91 Å². The van der Waals surface area contributed by atoms with Crippen LogP contribution in [0.25, 0.3) is 0 Å². The molecule has 0 radical (unpaired) electrons. The number of hydrogen-bond acceptors (Lipinski definition) is 4. The van der Waals surface area contributed by atoms with E-state index in [1.54, 1.807) is 30.5 Å². The largest absolute Gasteiger partial charge is 0.467 e. The van der Waals surface area contributed by atoms with E-state index in [9.17, 15) is 9.59 Å². The monoisotopic (exact) mass is 277 g/mol.